The minimum atomic E-state index is 0.237. The Morgan fingerprint density at radius 2 is 2.37 bits per heavy atom. The number of hydrogen-bond acceptors (Lipinski definition) is 3. The second-order valence-corrected chi connectivity index (χ2v) is 5.85. The van der Waals surface area contributed by atoms with Crippen molar-refractivity contribution in [2.45, 2.75) is 25.7 Å². The lowest BCUT2D eigenvalue weighted by molar-refractivity contribution is -0.130. The van der Waals surface area contributed by atoms with E-state index < -0.39 is 0 Å². The number of aromatic amines is 1. The molecule has 0 spiro atoms. The molecule has 1 N–H and O–H groups in total. The largest absolute Gasteiger partial charge is 0.348 e. The Hall–Kier alpha value is -1.62. The van der Waals surface area contributed by atoms with E-state index in [1.54, 1.807) is 17.7 Å². The molecule has 1 aliphatic heterocycles. The van der Waals surface area contributed by atoms with Gasteiger partial charge in [-0.2, -0.15) is 0 Å². The second kappa shape index (κ2) is 5.57. The lowest BCUT2D eigenvalue weighted by Crippen LogP contribution is -2.36. The molecule has 0 saturated heterocycles. The van der Waals surface area contributed by atoms with E-state index in [-0.39, 0.29) is 5.91 Å². The van der Waals surface area contributed by atoms with Crippen LogP contribution >= 0.6 is 11.3 Å². The number of rotatable bonds is 2. The second-order valence-electron chi connectivity index (χ2n) is 4.82. The third-order valence-electron chi connectivity index (χ3n) is 3.54. The van der Waals surface area contributed by atoms with Crippen molar-refractivity contribution in [3.05, 3.63) is 40.1 Å². The van der Waals surface area contributed by atoms with Crippen molar-refractivity contribution in [1.82, 2.24) is 14.9 Å². The molecule has 2 aromatic rings. The van der Waals surface area contributed by atoms with Gasteiger partial charge in [0, 0.05) is 30.1 Å². The molecule has 3 heterocycles. The summed E-state index contributed by atoms with van der Waals surface area (Å²) in [5.74, 6) is 0.237. The van der Waals surface area contributed by atoms with Gasteiger partial charge in [-0.1, -0.05) is 6.07 Å². The third kappa shape index (κ3) is 2.87. The van der Waals surface area contributed by atoms with Crippen LogP contribution < -0.4 is 0 Å². The smallest absolute Gasteiger partial charge is 0.227 e. The molecule has 100 valence electrons. The lowest BCUT2D eigenvalue weighted by atomic mass is 10.1. The summed E-state index contributed by atoms with van der Waals surface area (Å²) in [6, 6.07) is 4.02. The van der Waals surface area contributed by atoms with E-state index in [2.05, 4.69) is 9.97 Å². The number of fused-ring (bicyclic) bond motifs is 1. The van der Waals surface area contributed by atoms with Gasteiger partial charge in [0.1, 0.15) is 0 Å². The topological polar surface area (TPSA) is 49.0 Å². The van der Waals surface area contributed by atoms with Gasteiger partial charge in [-0.25, -0.2) is 4.98 Å². The molecule has 2 aromatic heterocycles. The Morgan fingerprint density at radius 1 is 1.42 bits per heavy atom. The summed E-state index contributed by atoms with van der Waals surface area (Å²) < 4.78 is 0. The Balaban J connectivity index is 1.64. The zero-order valence-corrected chi connectivity index (χ0v) is 11.6. The first-order chi connectivity index (χ1) is 9.33. The fourth-order valence-electron chi connectivity index (χ4n) is 2.50. The molecule has 19 heavy (non-hydrogen) atoms. The predicted molar refractivity (Wildman–Crippen MR) is 75.2 cm³/mol. The van der Waals surface area contributed by atoms with Crippen LogP contribution in [0.15, 0.2) is 23.8 Å². The van der Waals surface area contributed by atoms with Gasteiger partial charge >= 0.3 is 0 Å². The number of hydrogen-bond donors (Lipinski definition) is 1. The zero-order valence-electron chi connectivity index (χ0n) is 10.8. The lowest BCUT2D eigenvalue weighted by Gasteiger charge is -2.24. The maximum atomic E-state index is 12.3. The minimum Gasteiger partial charge on any atom is -0.348 e. The number of amides is 1. The van der Waals surface area contributed by atoms with Crippen LogP contribution in [0, 0.1) is 0 Å². The van der Waals surface area contributed by atoms with E-state index in [4.69, 9.17) is 0 Å². The first-order valence-electron chi connectivity index (χ1n) is 6.64. The highest BCUT2D eigenvalue weighted by molar-refractivity contribution is 7.10. The third-order valence-corrected chi connectivity index (χ3v) is 4.42. The normalized spacial score (nSPS) is 15.7. The van der Waals surface area contributed by atoms with Gasteiger partial charge in [0.15, 0.2) is 0 Å². The molecule has 0 aliphatic carbocycles. The van der Waals surface area contributed by atoms with Crippen LogP contribution in [0.4, 0.5) is 0 Å². The first kappa shape index (κ1) is 12.4. The summed E-state index contributed by atoms with van der Waals surface area (Å²) in [5, 5.41) is 2.02. The van der Waals surface area contributed by atoms with Crippen LogP contribution in [0.3, 0.4) is 0 Å². The van der Waals surface area contributed by atoms with Crippen molar-refractivity contribution in [3.63, 3.8) is 0 Å². The molecule has 5 heteroatoms. The molecule has 0 atom stereocenters. The van der Waals surface area contributed by atoms with E-state index >= 15 is 0 Å². The average Bonchev–Trinajstić information content (AvgIpc) is 3.01. The highest BCUT2D eigenvalue weighted by Gasteiger charge is 2.18. The molecular weight excluding hydrogens is 258 g/mol. The maximum Gasteiger partial charge on any atom is 0.227 e. The Kier molecular flexibility index (Phi) is 3.64. The van der Waals surface area contributed by atoms with Crippen LogP contribution in [0.25, 0.3) is 0 Å². The van der Waals surface area contributed by atoms with Crippen LogP contribution in [-0.2, 0) is 24.1 Å². The molecule has 1 amide bonds. The van der Waals surface area contributed by atoms with Crippen molar-refractivity contribution < 1.29 is 4.79 Å². The van der Waals surface area contributed by atoms with Crippen molar-refractivity contribution in [2.24, 2.45) is 0 Å². The number of H-pyrrole nitrogens is 1. The first-order valence-corrected chi connectivity index (χ1v) is 7.52. The molecule has 0 unspecified atom stereocenters. The number of carbonyl (C=O) groups excluding carboxylic acids is 1. The van der Waals surface area contributed by atoms with Crippen LogP contribution in [-0.4, -0.2) is 33.9 Å². The Labute approximate surface area is 116 Å². The number of nitrogens with one attached hydrogen (secondary N) is 1. The van der Waals surface area contributed by atoms with E-state index in [1.807, 2.05) is 22.4 Å². The number of aromatic nitrogens is 2. The number of aryl methyl sites for hydroxylation is 1. The molecule has 0 aromatic carbocycles. The molecule has 1 aliphatic rings. The van der Waals surface area contributed by atoms with Crippen LogP contribution in [0.5, 0.6) is 0 Å². The fraction of sp³-hybridized carbons (Fsp3) is 0.429. The van der Waals surface area contributed by atoms with Crippen molar-refractivity contribution in [1.29, 1.82) is 0 Å². The summed E-state index contributed by atoms with van der Waals surface area (Å²) >= 11 is 1.65. The fourth-order valence-corrected chi connectivity index (χ4v) is 3.20. The van der Waals surface area contributed by atoms with Crippen LogP contribution in [0.1, 0.15) is 22.7 Å². The number of nitrogens with zero attached hydrogens (tertiary/aromatic N) is 2. The van der Waals surface area contributed by atoms with Gasteiger partial charge in [0.05, 0.1) is 18.4 Å². The number of imidazole rings is 1. The Bertz CT molecular complexity index is 547. The zero-order chi connectivity index (χ0) is 13.1. The van der Waals surface area contributed by atoms with E-state index in [0.29, 0.717) is 6.42 Å². The van der Waals surface area contributed by atoms with Gasteiger partial charge in [-0.3, -0.25) is 4.79 Å². The molecule has 4 nitrogen and oxygen atoms in total. The summed E-state index contributed by atoms with van der Waals surface area (Å²) in [4.78, 5) is 22.9. The van der Waals surface area contributed by atoms with Crippen molar-refractivity contribution in [3.8, 4) is 0 Å². The predicted octanol–water partition coefficient (Wildman–Crippen LogP) is 2.03. The summed E-state index contributed by atoms with van der Waals surface area (Å²) in [6.45, 7) is 1.63. The van der Waals surface area contributed by atoms with E-state index in [9.17, 15) is 4.79 Å². The maximum absolute atomic E-state index is 12.3. The van der Waals surface area contributed by atoms with Gasteiger partial charge in [0.25, 0.3) is 0 Å². The van der Waals surface area contributed by atoms with Crippen LogP contribution in [0.2, 0.25) is 0 Å². The van der Waals surface area contributed by atoms with E-state index in [0.717, 1.165) is 42.9 Å². The van der Waals surface area contributed by atoms with Gasteiger partial charge in [-0.05, 0) is 24.3 Å². The molecular formula is C14H17N3OS. The number of carbonyl (C=O) groups is 1. The van der Waals surface area contributed by atoms with Crippen molar-refractivity contribution in [2.75, 3.05) is 13.1 Å². The average molecular weight is 275 g/mol. The highest BCUT2D eigenvalue weighted by atomic mass is 32.1. The standard InChI is InChI=1S/C14H17N3OS/c18-14(9-11-3-2-8-19-11)17-6-1-4-12-13(5-7-17)16-10-15-12/h2-3,8,10H,1,4-7,9H2,(H,15,16). The number of thiophene rings is 1. The van der Waals surface area contributed by atoms with Gasteiger partial charge < -0.3 is 9.88 Å². The minimum absolute atomic E-state index is 0.237. The highest BCUT2D eigenvalue weighted by Crippen LogP contribution is 2.15. The van der Waals surface area contributed by atoms with Gasteiger partial charge in [0.2, 0.25) is 5.91 Å². The Morgan fingerprint density at radius 3 is 3.21 bits per heavy atom. The van der Waals surface area contributed by atoms with E-state index in [1.165, 1.54) is 5.69 Å². The summed E-state index contributed by atoms with van der Waals surface area (Å²) in [6.07, 6.45) is 5.14. The molecule has 0 saturated carbocycles. The summed E-state index contributed by atoms with van der Waals surface area (Å²) in [5.41, 5.74) is 2.36. The van der Waals surface area contributed by atoms with Crippen molar-refractivity contribution >= 4 is 17.2 Å². The molecule has 0 radical (unpaired) electrons. The molecule has 0 fully saturated rings. The van der Waals surface area contributed by atoms with Gasteiger partial charge in [-0.15, -0.1) is 11.3 Å². The monoisotopic (exact) mass is 275 g/mol. The summed E-state index contributed by atoms with van der Waals surface area (Å²) in [7, 11) is 0. The molecule has 3 rings (SSSR count). The quantitative estimate of drug-likeness (QED) is 0.911. The SMILES string of the molecule is O=C(Cc1cccs1)N1CCCc2[nH]cnc2CC1. The molecule has 0 bridgehead atoms.